The number of hydrogen-bond donors (Lipinski definition) is 2. The number of nitrogens with one attached hydrogen (secondary N) is 2. The van der Waals surface area contributed by atoms with Crippen LogP contribution in [0.2, 0.25) is 0 Å². The molecule has 1 aliphatic rings. The van der Waals surface area contributed by atoms with E-state index in [-0.39, 0.29) is 28.7 Å². The van der Waals surface area contributed by atoms with Gasteiger partial charge in [-0.15, -0.1) is 0 Å². The number of hydrogen-bond acceptors (Lipinski definition) is 4. The summed E-state index contributed by atoms with van der Waals surface area (Å²) in [7, 11) is 3.46. The molecule has 1 saturated carbocycles. The van der Waals surface area contributed by atoms with Gasteiger partial charge in [0.2, 0.25) is 11.5 Å². The second-order valence-electron chi connectivity index (χ2n) is 10.6. The molecular weight excluding hydrogens is 454 g/mol. The highest BCUT2D eigenvalue weighted by Crippen LogP contribution is 2.39. The fraction of sp³-hybridized carbons (Fsp3) is 0.429. The molecule has 8 nitrogen and oxygen atoms in total. The summed E-state index contributed by atoms with van der Waals surface area (Å²) in [5, 5.41) is 10.1. The van der Waals surface area contributed by atoms with Crippen LogP contribution in [-0.4, -0.2) is 32.2 Å². The molecular formula is C28H35N5O3. The third-order valence-corrected chi connectivity index (χ3v) is 7.56. The number of aromatic nitrogens is 3. The van der Waals surface area contributed by atoms with Gasteiger partial charge in [-0.25, -0.2) is 0 Å². The van der Waals surface area contributed by atoms with Crippen molar-refractivity contribution in [2.75, 3.05) is 5.32 Å². The lowest BCUT2D eigenvalue weighted by molar-refractivity contribution is -0.119. The Morgan fingerprint density at radius 3 is 2.31 bits per heavy atom. The Morgan fingerprint density at radius 1 is 1.03 bits per heavy atom. The van der Waals surface area contributed by atoms with Gasteiger partial charge in [-0.3, -0.25) is 19.1 Å². The van der Waals surface area contributed by atoms with E-state index >= 15 is 0 Å². The van der Waals surface area contributed by atoms with Crippen molar-refractivity contribution in [3.05, 3.63) is 70.4 Å². The van der Waals surface area contributed by atoms with E-state index in [9.17, 15) is 14.4 Å². The summed E-state index contributed by atoms with van der Waals surface area (Å²) in [5.74, 6) is -0.468. The van der Waals surface area contributed by atoms with Crippen molar-refractivity contribution < 1.29 is 9.59 Å². The van der Waals surface area contributed by atoms with Crippen molar-refractivity contribution in [2.45, 2.75) is 52.5 Å². The predicted molar refractivity (Wildman–Crippen MR) is 141 cm³/mol. The second kappa shape index (κ2) is 10.1. The fourth-order valence-electron chi connectivity index (χ4n) is 4.96. The maximum absolute atomic E-state index is 13.5. The summed E-state index contributed by atoms with van der Waals surface area (Å²) in [5.41, 5.74) is 4.06. The third kappa shape index (κ3) is 5.42. The average Bonchev–Trinajstić information content (AvgIpc) is 3.28. The molecule has 2 N–H and O–H groups in total. The van der Waals surface area contributed by atoms with Crippen molar-refractivity contribution in [2.24, 2.45) is 25.4 Å². The summed E-state index contributed by atoms with van der Waals surface area (Å²) in [6.45, 7) is 6.41. The molecule has 2 amide bonds. The normalized spacial score (nSPS) is 16.4. The fourth-order valence-corrected chi connectivity index (χ4v) is 4.96. The summed E-state index contributed by atoms with van der Waals surface area (Å²) in [6.07, 6.45) is 5.34. The maximum atomic E-state index is 13.5. The molecule has 0 bridgehead atoms. The van der Waals surface area contributed by atoms with E-state index in [1.165, 1.54) is 4.68 Å². The van der Waals surface area contributed by atoms with E-state index in [4.69, 9.17) is 0 Å². The van der Waals surface area contributed by atoms with Crippen molar-refractivity contribution >= 4 is 17.5 Å². The Labute approximate surface area is 211 Å². The second-order valence-corrected chi connectivity index (χ2v) is 10.6. The molecule has 4 rings (SSSR count). The molecule has 1 fully saturated rings. The van der Waals surface area contributed by atoms with Crippen LogP contribution in [-0.2, 0) is 18.9 Å². The number of nitrogens with zero attached hydrogens (tertiary/aromatic N) is 3. The lowest BCUT2D eigenvalue weighted by atomic mass is 9.71. The van der Waals surface area contributed by atoms with Gasteiger partial charge in [0.1, 0.15) is 11.7 Å². The molecule has 36 heavy (non-hydrogen) atoms. The third-order valence-electron chi connectivity index (χ3n) is 7.56. The number of aryl methyl sites for hydroxylation is 1. The lowest BCUT2D eigenvalue weighted by Crippen LogP contribution is -2.50. The molecule has 1 unspecified atom stereocenters. The number of rotatable bonds is 6. The Bertz CT molecular complexity index is 1310. The number of benzene rings is 1. The summed E-state index contributed by atoms with van der Waals surface area (Å²) in [4.78, 5) is 38.3. The maximum Gasteiger partial charge on any atom is 0.270 e. The quantitative estimate of drug-likeness (QED) is 0.546. The van der Waals surface area contributed by atoms with E-state index in [2.05, 4.69) is 29.6 Å². The van der Waals surface area contributed by atoms with Crippen LogP contribution in [0.3, 0.4) is 0 Å². The lowest BCUT2D eigenvalue weighted by Gasteiger charge is -2.37. The molecule has 0 saturated heterocycles. The van der Waals surface area contributed by atoms with Crippen LogP contribution >= 0.6 is 0 Å². The van der Waals surface area contributed by atoms with Gasteiger partial charge in [-0.05, 0) is 73.8 Å². The topological polar surface area (TPSA) is 98.0 Å². The van der Waals surface area contributed by atoms with Gasteiger partial charge < -0.3 is 15.2 Å². The van der Waals surface area contributed by atoms with Gasteiger partial charge in [0.25, 0.3) is 5.91 Å². The van der Waals surface area contributed by atoms with Gasteiger partial charge in [-0.2, -0.15) is 5.10 Å². The van der Waals surface area contributed by atoms with Gasteiger partial charge in [0.15, 0.2) is 0 Å². The van der Waals surface area contributed by atoms with E-state index in [1.807, 2.05) is 37.3 Å². The first-order valence-electron chi connectivity index (χ1n) is 12.4. The van der Waals surface area contributed by atoms with E-state index < -0.39 is 6.04 Å². The standard InChI is InChI=1S/C28H35N5O3/c1-18-22(10-11-24(34)32(18)4)19-6-8-21(9-7-19)30-27(36)25(20-12-15-28(2,3)16-13-20)31-26(35)23-14-17-29-33(23)5/h6-11,14,17,20,25H,12-13,15-16H2,1-5H3,(H,30,36)(H,31,35). The first kappa shape index (κ1) is 25.4. The number of anilines is 1. The molecule has 8 heteroatoms. The van der Waals surface area contributed by atoms with Crippen LogP contribution in [0.4, 0.5) is 5.69 Å². The van der Waals surface area contributed by atoms with Gasteiger partial charge in [0, 0.05) is 43.3 Å². The molecule has 190 valence electrons. The number of carbonyl (C=O) groups is 2. The molecule has 1 atom stereocenters. The summed E-state index contributed by atoms with van der Waals surface area (Å²) in [6, 6.07) is 11.9. The zero-order valence-electron chi connectivity index (χ0n) is 21.7. The number of amides is 2. The Morgan fingerprint density at radius 2 is 1.69 bits per heavy atom. The van der Waals surface area contributed by atoms with Gasteiger partial charge >= 0.3 is 0 Å². The molecule has 0 aliphatic heterocycles. The van der Waals surface area contributed by atoms with Crippen molar-refractivity contribution in [3.8, 4) is 11.1 Å². The number of pyridine rings is 1. The van der Waals surface area contributed by atoms with Gasteiger partial charge in [-0.1, -0.05) is 26.0 Å². The van der Waals surface area contributed by atoms with Crippen LogP contribution in [0.25, 0.3) is 11.1 Å². The smallest absolute Gasteiger partial charge is 0.270 e. The van der Waals surface area contributed by atoms with Gasteiger partial charge in [0.05, 0.1) is 0 Å². The van der Waals surface area contributed by atoms with Crippen LogP contribution in [0.5, 0.6) is 0 Å². The van der Waals surface area contributed by atoms with Crippen molar-refractivity contribution in [1.82, 2.24) is 19.7 Å². The highest BCUT2D eigenvalue weighted by molar-refractivity contribution is 6.00. The Balaban J connectivity index is 1.53. The van der Waals surface area contributed by atoms with Crippen LogP contribution in [0.1, 0.15) is 55.7 Å². The highest BCUT2D eigenvalue weighted by atomic mass is 16.2. The molecule has 1 aromatic carbocycles. The molecule has 1 aliphatic carbocycles. The van der Waals surface area contributed by atoms with Crippen LogP contribution in [0, 0.1) is 18.3 Å². The van der Waals surface area contributed by atoms with E-state index in [1.54, 1.807) is 37.0 Å². The van der Waals surface area contributed by atoms with E-state index in [0.717, 1.165) is 42.5 Å². The first-order chi connectivity index (χ1) is 17.1. The zero-order chi connectivity index (χ0) is 26.0. The zero-order valence-corrected chi connectivity index (χ0v) is 21.7. The minimum absolute atomic E-state index is 0.0505. The van der Waals surface area contributed by atoms with E-state index in [0.29, 0.717) is 11.4 Å². The molecule has 3 aromatic rings. The molecule has 2 heterocycles. The highest BCUT2D eigenvalue weighted by Gasteiger charge is 2.36. The monoisotopic (exact) mass is 489 g/mol. The van der Waals surface area contributed by atoms with Crippen molar-refractivity contribution in [3.63, 3.8) is 0 Å². The Kier molecular flexibility index (Phi) is 7.15. The average molecular weight is 490 g/mol. The SMILES string of the molecule is Cc1c(-c2ccc(NC(=O)C(NC(=O)c3ccnn3C)C3CCC(C)(C)CC3)cc2)ccc(=O)n1C. The number of carbonyl (C=O) groups excluding carboxylic acids is 2. The molecule has 2 aromatic heterocycles. The minimum atomic E-state index is -0.644. The predicted octanol–water partition coefficient (Wildman–Crippen LogP) is 4.05. The summed E-state index contributed by atoms with van der Waals surface area (Å²) < 4.78 is 3.13. The first-order valence-corrected chi connectivity index (χ1v) is 12.4. The van der Waals surface area contributed by atoms with Crippen LogP contribution in [0.15, 0.2) is 53.5 Å². The largest absolute Gasteiger partial charge is 0.339 e. The summed E-state index contributed by atoms with van der Waals surface area (Å²) >= 11 is 0. The van der Waals surface area contributed by atoms with Crippen LogP contribution < -0.4 is 16.2 Å². The molecule has 0 spiro atoms. The molecule has 0 radical (unpaired) electrons. The minimum Gasteiger partial charge on any atom is -0.339 e. The Hall–Kier alpha value is -3.68. The van der Waals surface area contributed by atoms with Crippen molar-refractivity contribution in [1.29, 1.82) is 0 Å².